The number of nitrogen functional groups attached to an aromatic ring is 2. The number of hydrogen-bond donors (Lipinski definition) is 2. The van der Waals surface area contributed by atoms with E-state index in [1.54, 1.807) is 30.3 Å². The molecule has 0 aliphatic rings. The van der Waals surface area contributed by atoms with Gasteiger partial charge in [-0.3, -0.25) is 4.79 Å². The normalized spacial score (nSPS) is 10.5. The number of benzene rings is 4. The van der Waals surface area contributed by atoms with Crippen molar-refractivity contribution in [3.63, 3.8) is 0 Å². The number of hydrogen-bond acceptors (Lipinski definition) is 4. The molecule has 0 fully saturated rings. The third-order valence-electron chi connectivity index (χ3n) is 4.65. The van der Waals surface area contributed by atoms with Gasteiger partial charge in [0.05, 0.1) is 11.3 Å². The van der Waals surface area contributed by atoms with E-state index in [1.165, 1.54) is 0 Å². The molecule has 4 heteroatoms. The summed E-state index contributed by atoms with van der Waals surface area (Å²) in [6.45, 7) is 0. The quantitative estimate of drug-likeness (QED) is 0.352. The van der Waals surface area contributed by atoms with Crippen molar-refractivity contribution in [3.8, 4) is 22.6 Å². The molecule has 0 spiro atoms. The molecule has 0 saturated heterocycles. The largest absolute Gasteiger partial charge is 0.454 e. The predicted octanol–water partition coefficient (Wildman–Crippen LogP) is 5.54. The number of anilines is 2. The summed E-state index contributed by atoms with van der Waals surface area (Å²) in [6, 6.07) is 29.5. The van der Waals surface area contributed by atoms with Crippen molar-refractivity contribution in [1.82, 2.24) is 0 Å². The molecule has 0 radical (unpaired) electrons. The Hall–Kier alpha value is -4.05. The highest BCUT2D eigenvalue weighted by molar-refractivity contribution is 6.10. The van der Waals surface area contributed by atoms with E-state index in [0.29, 0.717) is 34.0 Å². The predicted molar refractivity (Wildman–Crippen MR) is 117 cm³/mol. The first kappa shape index (κ1) is 18.3. The maximum Gasteiger partial charge on any atom is 0.196 e. The zero-order valence-corrected chi connectivity index (χ0v) is 15.7. The average molecular weight is 380 g/mol. The average Bonchev–Trinajstić information content (AvgIpc) is 2.76. The monoisotopic (exact) mass is 380 g/mol. The molecule has 0 heterocycles. The number of carbonyl (C=O) groups is 1. The highest BCUT2D eigenvalue weighted by atomic mass is 16.5. The molecule has 0 aromatic heterocycles. The lowest BCUT2D eigenvalue weighted by Gasteiger charge is -2.14. The molecule has 4 N–H and O–H groups in total. The van der Waals surface area contributed by atoms with Gasteiger partial charge in [0.25, 0.3) is 0 Å². The molecule has 4 aromatic rings. The molecule has 4 nitrogen and oxygen atoms in total. The topological polar surface area (TPSA) is 78.3 Å². The third kappa shape index (κ3) is 3.96. The minimum atomic E-state index is -0.102. The van der Waals surface area contributed by atoms with Crippen LogP contribution < -0.4 is 16.2 Å². The smallest absolute Gasteiger partial charge is 0.196 e. The Balaban J connectivity index is 1.69. The Bertz CT molecular complexity index is 1150. The maximum absolute atomic E-state index is 12.9. The van der Waals surface area contributed by atoms with Gasteiger partial charge in [-0.15, -0.1) is 0 Å². The van der Waals surface area contributed by atoms with Crippen LogP contribution in [-0.4, -0.2) is 5.78 Å². The fourth-order valence-electron chi connectivity index (χ4n) is 3.08. The van der Waals surface area contributed by atoms with Crippen LogP contribution in [0.4, 0.5) is 11.4 Å². The summed E-state index contributed by atoms with van der Waals surface area (Å²) < 4.78 is 6.10. The van der Waals surface area contributed by atoms with Crippen LogP contribution in [0.1, 0.15) is 15.9 Å². The molecule has 29 heavy (non-hydrogen) atoms. The van der Waals surface area contributed by atoms with E-state index in [2.05, 4.69) is 0 Å². The molecule has 142 valence electrons. The van der Waals surface area contributed by atoms with Crippen molar-refractivity contribution >= 4 is 17.2 Å². The van der Waals surface area contributed by atoms with Gasteiger partial charge in [0.1, 0.15) is 5.75 Å². The number of rotatable bonds is 5. The summed E-state index contributed by atoms with van der Waals surface area (Å²) in [4.78, 5) is 12.9. The summed E-state index contributed by atoms with van der Waals surface area (Å²) in [7, 11) is 0. The van der Waals surface area contributed by atoms with Gasteiger partial charge in [-0.05, 0) is 47.5 Å². The van der Waals surface area contributed by atoms with Gasteiger partial charge in [0.2, 0.25) is 0 Å². The van der Waals surface area contributed by atoms with Crippen LogP contribution in [0.25, 0.3) is 11.1 Å². The Labute approximate surface area is 169 Å². The van der Waals surface area contributed by atoms with Crippen LogP contribution in [0.2, 0.25) is 0 Å². The van der Waals surface area contributed by atoms with Crippen molar-refractivity contribution in [2.24, 2.45) is 0 Å². The second-order valence-corrected chi connectivity index (χ2v) is 6.67. The molecular formula is C25H20N2O2. The number of nitrogens with two attached hydrogens (primary N) is 2. The zero-order valence-electron chi connectivity index (χ0n) is 15.7. The van der Waals surface area contributed by atoms with Crippen LogP contribution in [0.15, 0.2) is 97.1 Å². The van der Waals surface area contributed by atoms with Gasteiger partial charge in [-0.2, -0.15) is 0 Å². The summed E-state index contributed by atoms with van der Waals surface area (Å²) in [5, 5.41) is 0. The van der Waals surface area contributed by atoms with Gasteiger partial charge in [-0.25, -0.2) is 0 Å². The first-order valence-corrected chi connectivity index (χ1v) is 9.24. The fourth-order valence-corrected chi connectivity index (χ4v) is 3.08. The molecule has 0 saturated carbocycles. The van der Waals surface area contributed by atoms with Gasteiger partial charge in [-0.1, -0.05) is 60.7 Å². The minimum absolute atomic E-state index is 0.102. The van der Waals surface area contributed by atoms with E-state index in [4.69, 9.17) is 16.2 Å². The van der Waals surface area contributed by atoms with Gasteiger partial charge >= 0.3 is 0 Å². The van der Waals surface area contributed by atoms with Crippen molar-refractivity contribution in [1.29, 1.82) is 0 Å². The van der Waals surface area contributed by atoms with Crippen LogP contribution >= 0.6 is 0 Å². The summed E-state index contributed by atoms with van der Waals surface area (Å²) in [5.41, 5.74) is 16.1. The standard InChI is InChI=1S/C25H20N2O2/c26-20-13-10-17(11-14-20)19-12-15-22(27)24(16-19)29-23-9-5-4-8-21(23)25(28)18-6-2-1-3-7-18/h1-16H,26-27H2. The van der Waals surface area contributed by atoms with E-state index in [-0.39, 0.29) is 5.78 Å². The van der Waals surface area contributed by atoms with Gasteiger partial charge < -0.3 is 16.2 Å². The molecule has 0 atom stereocenters. The van der Waals surface area contributed by atoms with Crippen molar-refractivity contribution < 1.29 is 9.53 Å². The van der Waals surface area contributed by atoms with Crippen LogP contribution in [-0.2, 0) is 0 Å². The number of carbonyl (C=O) groups excluding carboxylic acids is 1. The number of ketones is 1. The lowest BCUT2D eigenvalue weighted by atomic mass is 10.0. The minimum Gasteiger partial charge on any atom is -0.454 e. The van der Waals surface area contributed by atoms with E-state index in [0.717, 1.165) is 11.1 Å². The molecule has 4 rings (SSSR count). The van der Waals surface area contributed by atoms with Crippen LogP contribution in [0, 0.1) is 0 Å². The van der Waals surface area contributed by atoms with E-state index < -0.39 is 0 Å². The summed E-state index contributed by atoms with van der Waals surface area (Å²) in [5.74, 6) is 0.851. The molecule has 0 aliphatic heterocycles. The Morgan fingerprint density at radius 1 is 0.655 bits per heavy atom. The lowest BCUT2D eigenvalue weighted by molar-refractivity contribution is 0.103. The second-order valence-electron chi connectivity index (χ2n) is 6.67. The van der Waals surface area contributed by atoms with Gasteiger partial charge in [0, 0.05) is 11.3 Å². The third-order valence-corrected chi connectivity index (χ3v) is 4.65. The first-order chi connectivity index (χ1) is 14.1. The molecule has 0 amide bonds. The SMILES string of the molecule is Nc1ccc(-c2ccc(N)c(Oc3ccccc3C(=O)c3ccccc3)c2)cc1. The number of ether oxygens (including phenoxy) is 1. The van der Waals surface area contributed by atoms with Crippen molar-refractivity contribution in [3.05, 3.63) is 108 Å². The maximum atomic E-state index is 12.9. The lowest BCUT2D eigenvalue weighted by Crippen LogP contribution is -2.04. The highest BCUT2D eigenvalue weighted by Crippen LogP contribution is 2.34. The Kier molecular flexibility index (Phi) is 4.99. The summed E-state index contributed by atoms with van der Waals surface area (Å²) in [6.07, 6.45) is 0. The van der Waals surface area contributed by atoms with E-state index in [9.17, 15) is 4.79 Å². The highest BCUT2D eigenvalue weighted by Gasteiger charge is 2.16. The molecule has 0 bridgehead atoms. The van der Waals surface area contributed by atoms with Crippen molar-refractivity contribution in [2.45, 2.75) is 0 Å². The molecule has 0 aliphatic carbocycles. The van der Waals surface area contributed by atoms with Crippen LogP contribution in [0.3, 0.4) is 0 Å². The molecule has 4 aromatic carbocycles. The Morgan fingerprint density at radius 2 is 1.31 bits per heavy atom. The zero-order chi connectivity index (χ0) is 20.2. The van der Waals surface area contributed by atoms with Gasteiger partial charge in [0.15, 0.2) is 11.5 Å². The second kappa shape index (κ2) is 7.90. The van der Waals surface area contributed by atoms with E-state index in [1.807, 2.05) is 66.7 Å². The van der Waals surface area contributed by atoms with Crippen LogP contribution in [0.5, 0.6) is 11.5 Å². The Morgan fingerprint density at radius 3 is 2.07 bits per heavy atom. The molecular weight excluding hydrogens is 360 g/mol. The first-order valence-electron chi connectivity index (χ1n) is 9.24. The fraction of sp³-hybridized carbons (Fsp3) is 0. The van der Waals surface area contributed by atoms with E-state index >= 15 is 0 Å². The summed E-state index contributed by atoms with van der Waals surface area (Å²) >= 11 is 0. The molecule has 0 unspecified atom stereocenters. The van der Waals surface area contributed by atoms with Crippen molar-refractivity contribution in [2.75, 3.05) is 11.5 Å². The number of para-hydroxylation sites is 1.